The van der Waals surface area contributed by atoms with Crippen molar-refractivity contribution in [3.63, 3.8) is 0 Å². The van der Waals surface area contributed by atoms with Crippen LogP contribution < -0.4 is 0 Å². The molecule has 0 radical (unpaired) electrons. The van der Waals surface area contributed by atoms with Gasteiger partial charge < -0.3 is 14.2 Å². The smallest absolute Gasteiger partial charge is 0.254 e. The van der Waals surface area contributed by atoms with Crippen LogP contribution in [0.5, 0.6) is 0 Å². The summed E-state index contributed by atoms with van der Waals surface area (Å²) in [4.78, 5) is 18.9. The Kier molecular flexibility index (Phi) is 3.83. The van der Waals surface area contributed by atoms with E-state index in [2.05, 4.69) is 16.2 Å². The summed E-state index contributed by atoms with van der Waals surface area (Å²) < 4.78 is 10.4. The van der Waals surface area contributed by atoms with E-state index in [1.807, 2.05) is 23.1 Å². The number of aromatic nitrogens is 2. The van der Waals surface area contributed by atoms with E-state index in [-0.39, 0.29) is 12.0 Å². The van der Waals surface area contributed by atoms with Gasteiger partial charge in [0.25, 0.3) is 5.91 Å². The van der Waals surface area contributed by atoms with Crippen molar-refractivity contribution in [3.8, 4) is 0 Å². The Balaban J connectivity index is 1.54. The van der Waals surface area contributed by atoms with Gasteiger partial charge in [-0.15, -0.1) is 0 Å². The van der Waals surface area contributed by atoms with Gasteiger partial charge in [-0.05, 0) is 30.4 Å². The van der Waals surface area contributed by atoms with Gasteiger partial charge in [0, 0.05) is 12.1 Å². The first-order chi connectivity index (χ1) is 11.3. The fourth-order valence-corrected chi connectivity index (χ4v) is 3.25. The predicted octanol–water partition coefficient (Wildman–Crippen LogP) is 2.55. The third-order valence-corrected chi connectivity index (χ3v) is 4.76. The molecule has 2 aromatic rings. The highest BCUT2D eigenvalue weighted by molar-refractivity contribution is 5.96. The van der Waals surface area contributed by atoms with Crippen LogP contribution in [0, 0.1) is 0 Å². The van der Waals surface area contributed by atoms with Crippen LogP contribution in [0.4, 0.5) is 0 Å². The van der Waals surface area contributed by atoms with E-state index in [0.717, 1.165) is 5.56 Å². The second-order valence-corrected chi connectivity index (χ2v) is 6.12. The zero-order valence-corrected chi connectivity index (χ0v) is 12.9. The minimum atomic E-state index is -0.317. The Hall–Kier alpha value is -2.21. The summed E-state index contributed by atoms with van der Waals surface area (Å²) in [5.41, 5.74) is 2.01. The van der Waals surface area contributed by atoms with Gasteiger partial charge in [-0.1, -0.05) is 29.8 Å². The van der Waals surface area contributed by atoms with Crippen molar-refractivity contribution in [1.29, 1.82) is 0 Å². The molecular weight excluding hydrogens is 294 g/mol. The Labute approximate surface area is 134 Å². The van der Waals surface area contributed by atoms with Gasteiger partial charge in [-0.2, -0.15) is 4.98 Å². The summed E-state index contributed by atoms with van der Waals surface area (Å²) in [6, 6.07) is 7.99. The second kappa shape index (κ2) is 6.12. The Morgan fingerprint density at radius 2 is 2.13 bits per heavy atom. The molecule has 1 aliphatic carbocycles. The quantitative estimate of drug-likeness (QED) is 0.871. The Morgan fingerprint density at radius 1 is 1.26 bits per heavy atom. The van der Waals surface area contributed by atoms with Crippen LogP contribution in [0.15, 0.2) is 35.2 Å². The van der Waals surface area contributed by atoms with Gasteiger partial charge >= 0.3 is 0 Å². The van der Waals surface area contributed by atoms with Gasteiger partial charge in [0.2, 0.25) is 12.2 Å². The molecule has 6 heteroatoms. The van der Waals surface area contributed by atoms with Crippen LogP contribution in [0.3, 0.4) is 0 Å². The molecule has 4 rings (SSSR count). The monoisotopic (exact) mass is 313 g/mol. The lowest BCUT2D eigenvalue weighted by molar-refractivity contribution is -0.0277. The number of benzene rings is 1. The lowest BCUT2D eigenvalue weighted by Crippen LogP contribution is -2.43. The lowest BCUT2D eigenvalue weighted by atomic mass is 9.78. The standard InChI is InChI=1S/C17H19N3O3/c21-17(14-7-2-1-6-13(14)12-4-3-5-12)20-8-9-22-15(10-20)16-18-11-23-19-16/h1-2,6-7,11-12,15H,3-5,8-10H2. The van der Waals surface area contributed by atoms with Crippen LogP contribution in [0.25, 0.3) is 0 Å². The van der Waals surface area contributed by atoms with E-state index in [1.54, 1.807) is 0 Å². The van der Waals surface area contributed by atoms with Gasteiger partial charge in [-0.3, -0.25) is 4.79 Å². The zero-order valence-electron chi connectivity index (χ0n) is 12.9. The summed E-state index contributed by atoms with van der Waals surface area (Å²) in [7, 11) is 0. The first-order valence-electron chi connectivity index (χ1n) is 8.09. The maximum absolute atomic E-state index is 13.0. The van der Waals surface area contributed by atoms with Gasteiger partial charge in [0.1, 0.15) is 6.10 Å². The summed E-state index contributed by atoms with van der Waals surface area (Å²) in [6.07, 6.45) is 4.58. The summed E-state index contributed by atoms with van der Waals surface area (Å²) in [6.45, 7) is 1.53. The van der Waals surface area contributed by atoms with E-state index in [0.29, 0.717) is 31.4 Å². The molecule has 120 valence electrons. The van der Waals surface area contributed by atoms with Gasteiger partial charge in [0.15, 0.2) is 0 Å². The molecule has 2 fully saturated rings. The molecule has 1 unspecified atom stereocenters. The Bertz CT molecular complexity index is 682. The van der Waals surface area contributed by atoms with Crippen LogP contribution in [-0.2, 0) is 4.74 Å². The number of ether oxygens (including phenoxy) is 1. The molecule has 2 aliphatic rings. The van der Waals surface area contributed by atoms with Crippen molar-refractivity contribution in [2.75, 3.05) is 19.7 Å². The van der Waals surface area contributed by atoms with E-state index in [1.165, 1.54) is 31.2 Å². The summed E-state index contributed by atoms with van der Waals surface area (Å²) in [5.74, 6) is 1.10. The maximum atomic E-state index is 13.0. The highest BCUT2D eigenvalue weighted by Gasteiger charge is 2.31. The van der Waals surface area contributed by atoms with Crippen molar-refractivity contribution < 1.29 is 14.1 Å². The molecule has 0 bridgehead atoms. The van der Waals surface area contributed by atoms with Gasteiger partial charge in [-0.25, -0.2) is 0 Å². The molecule has 1 saturated carbocycles. The van der Waals surface area contributed by atoms with Crippen LogP contribution >= 0.6 is 0 Å². The van der Waals surface area contributed by atoms with Crippen molar-refractivity contribution >= 4 is 5.91 Å². The number of hydrogen-bond acceptors (Lipinski definition) is 5. The second-order valence-electron chi connectivity index (χ2n) is 6.12. The average molecular weight is 313 g/mol. The van der Waals surface area contributed by atoms with Crippen molar-refractivity contribution in [3.05, 3.63) is 47.6 Å². The molecule has 1 atom stereocenters. The lowest BCUT2D eigenvalue weighted by Gasteiger charge is -2.33. The zero-order chi connectivity index (χ0) is 15.6. The number of carbonyl (C=O) groups is 1. The number of morpholine rings is 1. The number of carbonyl (C=O) groups excluding carboxylic acids is 1. The number of amides is 1. The van der Waals surface area contributed by atoms with Crippen LogP contribution in [0.2, 0.25) is 0 Å². The molecule has 23 heavy (non-hydrogen) atoms. The minimum absolute atomic E-state index is 0.0734. The van der Waals surface area contributed by atoms with Crippen molar-refractivity contribution in [2.45, 2.75) is 31.3 Å². The normalized spacial score (nSPS) is 21.9. The topological polar surface area (TPSA) is 68.5 Å². The molecule has 2 heterocycles. The third-order valence-electron chi connectivity index (χ3n) is 4.76. The molecular formula is C17H19N3O3. The van der Waals surface area contributed by atoms with Crippen LogP contribution in [-0.4, -0.2) is 40.6 Å². The largest absolute Gasteiger partial charge is 0.366 e. The maximum Gasteiger partial charge on any atom is 0.254 e. The molecule has 1 aliphatic heterocycles. The first-order valence-corrected chi connectivity index (χ1v) is 8.09. The van der Waals surface area contributed by atoms with E-state index in [4.69, 9.17) is 9.26 Å². The highest BCUT2D eigenvalue weighted by atomic mass is 16.5. The average Bonchev–Trinajstić information content (AvgIpc) is 3.08. The van der Waals surface area contributed by atoms with Crippen LogP contribution in [0.1, 0.15) is 53.0 Å². The summed E-state index contributed by atoms with van der Waals surface area (Å²) in [5, 5.41) is 3.83. The molecule has 1 saturated heterocycles. The molecule has 6 nitrogen and oxygen atoms in total. The van der Waals surface area contributed by atoms with E-state index in [9.17, 15) is 4.79 Å². The Morgan fingerprint density at radius 3 is 2.87 bits per heavy atom. The molecule has 1 amide bonds. The number of nitrogens with zero attached hydrogens (tertiary/aromatic N) is 3. The number of rotatable bonds is 3. The first kappa shape index (κ1) is 14.4. The van der Waals surface area contributed by atoms with E-state index < -0.39 is 0 Å². The number of hydrogen-bond donors (Lipinski definition) is 0. The molecule has 1 aromatic carbocycles. The third kappa shape index (κ3) is 2.74. The minimum Gasteiger partial charge on any atom is -0.366 e. The fourth-order valence-electron chi connectivity index (χ4n) is 3.25. The molecule has 0 N–H and O–H groups in total. The van der Waals surface area contributed by atoms with Gasteiger partial charge in [0.05, 0.1) is 13.2 Å². The van der Waals surface area contributed by atoms with Crippen molar-refractivity contribution in [1.82, 2.24) is 15.0 Å². The summed E-state index contributed by atoms with van der Waals surface area (Å²) >= 11 is 0. The molecule has 1 aromatic heterocycles. The predicted molar refractivity (Wildman–Crippen MR) is 81.9 cm³/mol. The highest BCUT2D eigenvalue weighted by Crippen LogP contribution is 2.38. The SMILES string of the molecule is O=C(c1ccccc1C1CCC1)N1CCOC(c2ncon2)C1. The molecule has 0 spiro atoms. The van der Waals surface area contributed by atoms with E-state index >= 15 is 0 Å². The fraction of sp³-hybridized carbons (Fsp3) is 0.471. The van der Waals surface area contributed by atoms with Crippen molar-refractivity contribution in [2.24, 2.45) is 0 Å².